The number of halogens is 2. The SMILES string of the molecule is C=C(C)/C(Br)=C\C(=C/CBr)c1nnc(-c2cccc(C=O)c2)o1.CO. The number of hydrogen-bond acceptors (Lipinski definition) is 5. The first-order chi connectivity index (χ1) is 12.0. The van der Waals surface area contributed by atoms with Crippen molar-refractivity contribution in [1.82, 2.24) is 10.2 Å². The lowest BCUT2D eigenvalue weighted by Gasteiger charge is -2.00. The zero-order valence-electron chi connectivity index (χ0n) is 13.9. The van der Waals surface area contributed by atoms with Crippen molar-refractivity contribution in [3.8, 4) is 11.5 Å². The average Bonchev–Trinajstić information content (AvgIpc) is 3.13. The first-order valence-corrected chi connectivity index (χ1v) is 9.10. The topological polar surface area (TPSA) is 76.2 Å². The highest BCUT2D eigenvalue weighted by atomic mass is 79.9. The second-order valence-electron chi connectivity index (χ2n) is 4.74. The molecule has 0 aliphatic heterocycles. The van der Waals surface area contributed by atoms with Gasteiger partial charge in [0.15, 0.2) is 0 Å². The van der Waals surface area contributed by atoms with Gasteiger partial charge in [0.05, 0.1) is 0 Å². The Morgan fingerprint density at radius 2 is 2.08 bits per heavy atom. The van der Waals surface area contributed by atoms with Crippen molar-refractivity contribution in [3.63, 3.8) is 0 Å². The van der Waals surface area contributed by atoms with E-state index in [0.29, 0.717) is 28.2 Å². The van der Waals surface area contributed by atoms with Crippen molar-refractivity contribution in [2.75, 3.05) is 12.4 Å². The summed E-state index contributed by atoms with van der Waals surface area (Å²) in [7, 11) is 1.00. The third kappa shape index (κ3) is 6.19. The van der Waals surface area contributed by atoms with Crippen LogP contribution in [-0.2, 0) is 0 Å². The molecule has 0 radical (unpaired) electrons. The molecular weight excluding hydrogens is 452 g/mol. The maximum Gasteiger partial charge on any atom is 0.248 e. The summed E-state index contributed by atoms with van der Waals surface area (Å²) in [6, 6.07) is 7.02. The summed E-state index contributed by atoms with van der Waals surface area (Å²) in [5, 5.41) is 15.8. The van der Waals surface area contributed by atoms with E-state index in [4.69, 9.17) is 9.52 Å². The van der Waals surface area contributed by atoms with Gasteiger partial charge in [-0.15, -0.1) is 10.2 Å². The summed E-state index contributed by atoms with van der Waals surface area (Å²) in [4.78, 5) is 10.9. The molecule has 0 spiro atoms. The van der Waals surface area contributed by atoms with Gasteiger partial charge in [-0.05, 0) is 30.7 Å². The van der Waals surface area contributed by atoms with E-state index in [1.807, 2.05) is 25.1 Å². The van der Waals surface area contributed by atoms with Gasteiger partial charge in [-0.3, -0.25) is 4.79 Å². The molecule has 0 fully saturated rings. The van der Waals surface area contributed by atoms with Gasteiger partial charge >= 0.3 is 0 Å². The molecular formula is C18H18Br2N2O3. The van der Waals surface area contributed by atoms with E-state index in [2.05, 4.69) is 48.6 Å². The Bertz CT molecular complexity index is 795. The fourth-order valence-corrected chi connectivity index (χ4v) is 2.35. The van der Waals surface area contributed by atoms with Gasteiger partial charge in [-0.2, -0.15) is 0 Å². The molecule has 1 aromatic carbocycles. The Labute approximate surface area is 163 Å². The molecule has 0 aliphatic carbocycles. The lowest BCUT2D eigenvalue weighted by Crippen LogP contribution is -1.84. The normalized spacial score (nSPS) is 11.6. The van der Waals surface area contributed by atoms with Crippen molar-refractivity contribution in [2.45, 2.75) is 6.92 Å². The van der Waals surface area contributed by atoms with E-state index in [-0.39, 0.29) is 0 Å². The van der Waals surface area contributed by atoms with Gasteiger partial charge < -0.3 is 9.52 Å². The number of nitrogens with zero attached hydrogens (tertiary/aromatic N) is 2. The van der Waals surface area contributed by atoms with Crippen LogP contribution < -0.4 is 0 Å². The number of carbonyl (C=O) groups excluding carboxylic acids is 1. The fourth-order valence-electron chi connectivity index (χ4n) is 1.75. The smallest absolute Gasteiger partial charge is 0.248 e. The van der Waals surface area contributed by atoms with Crippen LogP contribution in [-0.4, -0.2) is 34.0 Å². The van der Waals surface area contributed by atoms with E-state index in [1.165, 1.54) is 0 Å². The quantitative estimate of drug-likeness (QED) is 0.374. The second-order valence-corrected chi connectivity index (χ2v) is 6.24. The zero-order chi connectivity index (χ0) is 18.8. The Balaban J connectivity index is 0.00000151. The van der Waals surface area contributed by atoms with Crippen LogP contribution in [0.2, 0.25) is 0 Å². The first kappa shape index (κ1) is 21.2. The molecule has 5 nitrogen and oxygen atoms in total. The Kier molecular flexibility index (Phi) is 9.26. The molecule has 7 heteroatoms. The minimum Gasteiger partial charge on any atom is -0.416 e. The van der Waals surface area contributed by atoms with Crippen LogP contribution in [0.5, 0.6) is 0 Å². The molecule has 1 heterocycles. The highest BCUT2D eigenvalue weighted by Gasteiger charge is 2.12. The average molecular weight is 470 g/mol. The molecule has 2 aromatic rings. The van der Waals surface area contributed by atoms with Crippen LogP contribution in [0.15, 0.2) is 57.5 Å². The molecule has 2 rings (SSSR count). The molecule has 1 aromatic heterocycles. The third-order valence-corrected chi connectivity index (χ3v) is 4.16. The van der Waals surface area contributed by atoms with Crippen LogP contribution in [0.4, 0.5) is 0 Å². The highest BCUT2D eigenvalue weighted by Crippen LogP contribution is 2.26. The molecule has 0 bridgehead atoms. The minimum atomic E-state index is 0.365. The summed E-state index contributed by atoms with van der Waals surface area (Å²) in [6.07, 6.45) is 4.58. The molecule has 0 unspecified atom stereocenters. The molecule has 0 saturated heterocycles. The standard InChI is InChI=1S/C17H14Br2N2O2.CH4O/c1-11(2)15(19)9-14(6-7-18)17-21-20-16(23-17)13-5-3-4-12(8-13)10-22;1-2/h3-6,8-10H,1,7H2,2H3;2H,1H3/b14-6+,15-9+;. The van der Waals surface area contributed by atoms with Crippen molar-refractivity contribution < 1.29 is 14.3 Å². The second kappa shape index (κ2) is 10.9. The molecule has 1 N–H and O–H groups in total. The van der Waals surface area contributed by atoms with Crippen LogP contribution in [0.25, 0.3) is 17.0 Å². The summed E-state index contributed by atoms with van der Waals surface area (Å²) in [5.41, 5.74) is 2.93. The third-order valence-electron chi connectivity index (χ3n) is 2.93. The predicted molar refractivity (Wildman–Crippen MR) is 107 cm³/mol. The maximum absolute atomic E-state index is 10.9. The Morgan fingerprint density at radius 3 is 2.68 bits per heavy atom. The number of aliphatic hydroxyl groups is 1. The van der Waals surface area contributed by atoms with Crippen molar-refractivity contribution in [3.05, 3.63) is 64.5 Å². The van der Waals surface area contributed by atoms with Crippen LogP contribution in [0.1, 0.15) is 23.2 Å². The molecule has 25 heavy (non-hydrogen) atoms. The number of aromatic nitrogens is 2. The number of rotatable bonds is 6. The lowest BCUT2D eigenvalue weighted by atomic mass is 10.1. The lowest BCUT2D eigenvalue weighted by molar-refractivity contribution is 0.112. The summed E-state index contributed by atoms with van der Waals surface area (Å²) < 4.78 is 6.60. The summed E-state index contributed by atoms with van der Waals surface area (Å²) >= 11 is 6.83. The monoisotopic (exact) mass is 468 g/mol. The predicted octanol–water partition coefficient (Wildman–Crippen LogP) is 4.79. The maximum atomic E-state index is 10.9. The molecule has 0 saturated carbocycles. The summed E-state index contributed by atoms with van der Waals surface area (Å²) in [6.45, 7) is 5.78. The van der Waals surface area contributed by atoms with E-state index in [0.717, 1.165) is 29.0 Å². The van der Waals surface area contributed by atoms with Gasteiger partial charge in [0.25, 0.3) is 0 Å². The molecule has 132 valence electrons. The van der Waals surface area contributed by atoms with Gasteiger partial charge in [-0.25, -0.2) is 0 Å². The van der Waals surface area contributed by atoms with Crippen molar-refractivity contribution >= 4 is 43.7 Å². The van der Waals surface area contributed by atoms with E-state index in [9.17, 15) is 4.79 Å². The Morgan fingerprint density at radius 1 is 1.36 bits per heavy atom. The number of alkyl halides is 1. The molecule has 0 aliphatic rings. The van der Waals surface area contributed by atoms with Gasteiger partial charge in [0.1, 0.15) is 6.29 Å². The molecule has 0 amide bonds. The van der Waals surface area contributed by atoms with Gasteiger partial charge in [-0.1, -0.05) is 56.6 Å². The van der Waals surface area contributed by atoms with Crippen molar-refractivity contribution in [1.29, 1.82) is 0 Å². The summed E-state index contributed by atoms with van der Waals surface area (Å²) in [5.74, 6) is 0.762. The van der Waals surface area contributed by atoms with Crippen molar-refractivity contribution in [2.24, 2.45) is 0 Å². The Hall–Kier alpha value is -1.83. The number of aliphatic hydroxyl groups excluding tert-OH is 1. The van der Waals surface area contributed by atoms with Crippen LogP contribution in [0.3, 0.4) is 0 Å². The van der Waals surface area contributed by atoms with Gasteiger partial charge in [0, 0.05) is 33.6 Å². The zero-order valence-corrected chi connectivity index (χ0v) is 17.0. The largest absolute Gasteiger partial charge is 0.416 e. The first-order valence-electron chi connectivity index (χ1n) is 7.18. The van der Waals surface area contributed by atoms with E-state index < -0.39 is 0 Å². The van der Waals surface area contributed by atoms with E-state index >= 15 is 0 Å². The van der Waals surface area contributed by atoms with Gasteiger partial charge in [0.2, 0.25) is 11.8 Å². The molecule has 0 atom stereocenters. The van der Waals surface area contributed by atoms with Crippen LogP contribution in [0, 0.1) is 0 Å². The van der Waals surface area contributed by atoms with Crippen LogP contribution >= 0.6 is 31.9 Å². The number of allylic oxidation sites excluding steroid dienone is 5. The highest BCUT2D eigenvalue weighted by molar-refractivity contribution is 9.12. The number of benzene rings is 1. The number of carbonyl (C=O) groups is 1. The minimum absolute atomic E-state index is 0.365. The number of hydrogen-bond donors (Lipinski definition) is 1. The fraction of sp³-hybridized carbons (Fsp3) is 0.167. The van der Waals surface area contributed by atoms with E-state index in [1.54, 1.807) is 18.2 Å². The number of aldehydes is 1.